The van der Waals surface area contributed by atoms with Gasteiger partial charge >= 0.3 is 0 Å². The third-order valence-electron chi connectivity index (χ3n) is 4.95. The summed E-state index contributed by atoms with van der Waals surface area (Å²) in [5.41, 5.74) is 1.50. The van der Waals surface area contributed by atoms with Crippen molar-refractivity contribution in [1.29, 1.82) is 0 Å². The molecule has 0 aliphatic heterocycles. The zero-order chi connectivity index (χ0) is 19.1. The van der Waals surface area contributed by atoms with Gasteiger partial charge < -0.3 is 19.5 Å². The molecule has 5 heteroatoms. The van der Waals surface area contributed by atoms with Crippen LogP contribution in [0.15, 0.2) is 42.5 Å². The highest BCUT2D eigenvalue weighted by Gasteiger charge is 2.19. The Morgan fingerprint density at radius 3 is 2.44 bits per heavy atom. The van der Waals surface area contributed by atoms with Crippen LogP contribution in [0.2, 0.25) is 0 Å². The summed E-state index contributed by atoms with van der Waals surface area (Å²) in [5.74, 6) is 1.71. The van der Waals surface area contributed by atoms with Crippen LogP contribution >= 0.6 is 0 Å². The normalized spacial score (nSPS) is 14.4. The number of amides is 1. The van der Waals surface area contributed by atoms with E-state index in [1.165, 1.54) is 19.3 Å². The Balaban J connectivity index is 1.72. The van der Waals surface area contributed by atoms with Gasteiger partial charge in [0.15, 0.2) is 11.5 Å². The third-order valence-corrected chi connectivity index (χ3v) is 4.95. The predicted molar refractivity (Wildman–Crippen MR) is 105 cm³/mol. The number of benzene rings is 2. The largest absolute Gasteiger partial charge is 0.493 e. The molecule has 3 rings (SSSR count). The van der Waals surface area contributed by atoms with Gasteiger partial charge in [-0.1, -0.05) is 43.5 Å². The lowest BCUT2D eigenvalue weighted by molar-refractivity contribution is 0.0925. The highest BCUT2D eigenvalue weighted by atomic mass is 16.5. The van der Waals surface area contributed by atoms with Crippen molar-refractivity contribution in [2.24, 2.45) is 0 Å². The zero-order valence-corrected chi connectivity index (χ0v) is 16.0. The molecular formula is C22H27NO4. The van der Waals surface area contributed by atoms with Gasteiger partial charge in [0.2, 0.25) is 5.75 Å². The van der Waals surface area contributed by atoms with Gasteiger partial charge in [-0.15, -0.1) is 0 Å². The fourth-order valence-electron chi connectivity index (χ4n) is 3.50. The highest BCUT2D eigenvalue weighted by molar-refractivity contribution is 5.95. The molecule has 2 aromatic carbocycles. The summed E-state index contributed by atoms with van der Waals surface area (Å²) < 4.78 is 16.7. The highest BCUT2D eigenvalue weighted by Crippen LogP contribution is 2.37. The molecule has 0 bridgehead atoms. The van der Waals surface area contributed by atoms with Crippen molar-refractivity contribution < 1.29 is 19.0 Å². The van der Waals surface area contributed by atoms with E-state index < -0.39 is 0 Å². The molecule has 0 unspecified atom stereocenters. The molecule has 0 saturated heterocycles. The van der Waals surface area contributed by atoms with Gasteiger partial charge in [-0.2, -0.15) is 0 Å². The number of carbonyl (C=O) groups excluding carboxylic acids is 1. The van der Waals surface area contributed by atoms with E-state index in [1.807, 2.05) is 42.5 Å². The number of carbonyl (C=O) groups is 1. The van der Waals surface area contributed by atoms with Crippen molar-refractivity contribution in [3.63, 3.8) is 0 Å². The summed E-state index contributed by atoms with van der Waals surface area (Å²) in [4.78, 5) is 12.8. The molecule has 1 aliphatic carbocycles. The maximum absolute atomic E-state index is 12.8. The smallest absolute Gasteiger partial charge is 0.251 e. The van der Waals surface area contributed by atoms with Crippen LogP contribution in [0.3, 0.4) is 0 Å². The van der Waals surface area contributed by atoms with Gasteiger partial charge in [0.1, 0.15) is 6.61 Å². The molecule has 0 atom stereocenters. The topological polar surface area (TPSA) is 56.8 Å². The first-order chi connectivity index (χ1) is 13.2. The van der Waals surface area contributed by atoms with Crippen molar-refractivity contribution >= 4 is 5.91 Å². The molecule has 1 saturated carbocycles. The van der Waals surface area contributed by atoms with Crippen molar-refractivity contribution in [2.45, 2.75) is 44.8 Å². The van der Waals surface area contributed by atoms with E-state index in [0.29, 0.717) is 22.8 Å². The molecule has 0 radical (unpaired) electrons. The fraction of sp³-hybridized carbons (Fsp3) is 0.409. The Hall–Kier alpha value is -2.69. The molecule has 27 heavy (non-hydrogen) atoms. The summed E-state index contributed by atoms with van der Waals surface area (Å²) in [6.07, 6.45) is 5.76. The summed E-state index contributed by atoms with van der Waals surface area (Å²) in [6.45, 7) is 0.276. The Labute approximate surface area is 160 Å². The number of hydrogen-bond donors (Lipinski definition) is 1. The summed E-state index contributed by atoms with van der Waals surface area (Å²) in [6, 6.07) is 13.3. The van der Waals surface area contributed by atoms with E-state index in [0.717, 1.165) is 18.4 Å². The Bertz CT molecular complexity index is 769. The second-order valence-electron chi connectivity index (χ2n) is 6.75. The Kier molecular flexibility index (Phi) is 6.58. The number of rotatable bonds is 7. The second kappa shape index (κ2) is 9.31. The third kappa shape index (κ3) is 4.73. The van der Waals surface area contributed by atoms with Gasteiger partial charge in [0, 0.05) is 17.2 Å². The van der Waals surface area contributed by atoms with Crippen molar-refractivity contribution in [2.75, 3.05) is 14.2 Å². The molecule has 2 aromatic rings. The zero-order valence-electron chi connectivity index (χ0n) is 16.0. The van der Waals surface area contributed by atoms with Crippen LogP contribution in [0.4, 0.5) is 0 Å². The van der Waals surface area contributed by atoms with E-state index in [-0.39, 0.29) is 18.6 Å². The van der Waals surface area contributed by atoms with Crippen LogP contribution in [0.25, 0.3) is 0 Å². The lowest BCUT2D eigenvalue weighted by Gasteiger charge is -2.23. The summed E-state index contributed by atoms with van der Waals surface area (Å²) in [5, 5.41) is 3.18. The van der Waals surface area contributed by atoms with Crippen molar-refractivity contribution in [3.05, 3.63) is 53.6 Å². The molecule has 1 amide bonds. The number of hydrogen-bond acceptors (Lipinski definition) is 4. The van der Waals surface area contributed by atoms with Gasteiger partial charge in [-0.25, -0.2) is 0 Å². The van der Waals surface area contributed by atoms with Crippen molar-refractivity contribution in [1.82, 2.24) is 5.32 Å². The first-order valence-electron chi connectivity index (χ1n) is 9.45. The van der Waals surface area contributed by atoms with Crippen LogP contribution < -0.4 is 19.5 Å². The first kappa shape index (κ1) is 19.1. The lowest BCUT2D eigenvalue weighted by atomic mass is 9.95. The molecule has 0 heterocycles. The molecule has 1 aliphatic rings. The maximum atomic E-state index is 12.8. The predicted octanol–water partition coefficient (Wildman–Crippen LogP) is 4.35. The Morgan fingerprint density at radius 1 is 0.963 bits per heavy atom. The van der Waals surface area contributed by atoms with E-state index >= 15 is 0 Å². The minimum absolute atomic E-state index is 0.0290. The van der Waals surface area contributed by atoms with E-state index in [9.17, 15) is 4.79 Å². The fourth-order valence-corrected chi connectivity index (χ4v) is 3.50. The number of ether oxygens (including phenoxy) is 3. The average molecular weight is 369 g/mol. The number of para-hydroxylation sites is 1. The molecular weight excluding hydrogens is 342 g/mol. The van der Waals surface area contributed by atoms with Crippen LogP contribution in [-0.4, -0.2) is 26.2 Å². The minimum atomic E-state index is -0.0290. The van der Waals surface area contributed by atoms with Crippen LogP contribution in [-0.2, 0) is 6.61 Å². The van der Waals surface area contributed by atoms with Crippen LogP contribution in [0.5, 0.6) is 17.2 Å². The molecule has 5 nitrogen and oxygen atoms in total. The quantitative estimate of drug-likeness (QED) is 0.788. The second-order valence-corrected chi connectivity index (χ2v) is 6.75. The molecule has 0 spiro atoms. The Morgan fingerprint density at radius 2 is 1.70 bits per heavy atom. The maximum Gasteiger partial charge on any atom is 0.251 e. The van der Waals surface area contributed by atoms with Gasteiger partial charge in [-0.05, 0) is 31.0 Å². The van der Waals surface area contributed by atoms with Gasteiger partial charge in [0.25, 0.3) is 5.91 Å². The van der Waals surface area contributed by atoms with E-state index in [4.69, 9.17) is 14.2 Å². The first-order valence-corrected chi connectivity index (χ1v) is 9.45. The van der Waals surface area contributed by atoms with Gasteiger partial charge in [-0.3, -0.25) is 4.79 Å². The lowest BCUT2D eigenvalue weighted by Crippen LogP contribution is -2.36. The summed E-state index contributed by atoms with van der Waals surface area (Å²) in [7, 11) is 3.17. The molecule has 1 N–H and O–H groups in total. The van der Waals surface area contributed by atoms with Crippen LogP contribution in [0, 0.1) is 0 Å². The SMILES string of the molecule is COc1cccc(OCc2ccccc2C(=O)NC2CCCCC2)c1OC. The minimum Gasteiger partial charge on any atom is -0.493 e. The molecule has 144 valence electrons. The molecule has 0 aromatic heterocycles. The average Bonchev–Trinajstić information content (AvgIpc) is 2.72. The molecule has 1 fully saturated rings. The standard InChI is InChI=1S/C22H27NO4/c1-25-19-13-8-14-20(21(19)26-2)27-15-16-9-6-7-12-18(16)22(24)23-17-10-4-3-5-11-17/h6-9,12-14,17H,3-5,10-11,15H2,1-2H3,(H,23,24). The van der Waals surface area contributed by atoms with Crippen LogP contribution in [0.1, 0.15) is 48.0 Å². The number of methoxy groups -OCH3 is 2. The number of nitrogens with one attached hydrogen (secondary N) is 1. The monoisotopic (exact) mass is 369 g/mol. The van der Waals surface area contributed by atoms with Crippen molar-refractivity contribution in [3.8, 4) is 17.2 Å². The van der Waals surface area contributed by atoms with E-state index in [1.54, 1.807) is 14.2 Å². The van der Waals surface area contributed by atoms with Gasteiger partial charge in [0.05, 0.1) is 14.2 Å². The van der Waals surface area contributed by atoms with E-state index in [2.05, 4.69) is 5.32 Å². The summed E-state index contributed by atoms with van der Waals surface area (Å²) >= 11 is 0.